The molecule has 0 unspecified atom stereocenters. The van der Waals surface area contributed by atoms with Crippen LogP contribution in [0.3, 0.4) is 0 Å². The summed E-state index contributed by atoms with van der Waals surface area (Å²) in [5.74, 6) is -0.438. The van der Waals surface area contributed by atoms with Gasteiger partial charge in [0.1, 0.15) is 5.58 Å². The summed E-state index contributed by atoms with van der Waals surface area (Å²) in [7, 11) is 1.28. The van der Waals surface area contributed by atoms with Gasteiger partial charge >= 0.3 is 5.97 Å². The van der Waals surface area contributed by atoms with E-state index in [0.29, 0.717) is 11.1 Å². The third-order valence-electron chi connectivity index (χ3n) is 2.32. The second-order valence-electron chi connectivity index (χ2n) is 3.23. The Balaban J connectivity index is 2.68. The van der Waals surface area contributed by atoms with E-state index < -0.39 is 5.97 Å². The number of carbonyl (C=O) groups excluding carboxylic acids is 1. The van der Waals surface area contributed by atoms with Gasteiger partial charge in [0, 0.05) is 10.9 Å². The van der Waals surface area contributed by atoms with Gasteiger partial charge in [-0.3, -0.25) is 0 Å². The molecule has 80 valence electrons. The lowest BCUT2D eigenvalue weighted by Crippen LogP contribution is -2.02. The Morgan fingerprint density at radius 3 is 2.94 bits per heavy atom. The molecule has 0 fully saturated rings. The topological polar surface area (TPSA) is 63.2 Å². The molecule has 2 rings (SSSR count). The van der Waals surface area contributed by atoms with Gasteiger partial charge in [0.15, 0.2) is 0 Å². The van der Waals surface area contributed by atoms with Gasteiger partial charge in [-0.15, -0.1) is 0 Å². The molecule has 0 N–H and O–H groups in total. The van der Waals surface area contributed by atoms with Crippen LogP contribution in [0.2, 0.25) is 0 Å². The van der Waals surface area contributed by atoms with Crippen LogP contribution in [0.15, 0.2) is 28.7 Å². The molecule has 1 aromatic heterocycles. The Morgan fingerprint density at radius 1 is 1.50 bits per heavy atom. The van der Waals surface area contributed by atoms with E-state index in [-0.39, 0.29) is 12.2 Å². The number of nitrogens with zero attached hydrogens (tertiary/aromatic N) is 1. The first-order valence-corrected chi connectivity index (χ1v) is 4.73. The molecule has 0 aliphatic heterocycles. The van der Waals surface area contributed by atoms with Crippen LogP contribution in [0, 0.1) is 11.3 Å². The molecular formula is C12H9NO3. The summed E-state index contributed by atoms with van der Waals surface area (Å²) in [6, 6.07) is 9.23. The minimum atomic E-state index is -0.554. The molecule has 2 aromatic rings. The average molecular weight is 215 g/mol. The summed E-state index contributed by atoms with van der Waals surface area (Å²) in [6.07, 6.45) is 0.126. The van der Waals surface area contributed by atoms with Crippen molar-refractivity contribution in [1.82, 2.24) is 0 Å². The SMILES string of the molecule is COC(=O)c1oc2ccccc2c1CC#N. The smallest absolute Gasteiger partial charge is 0.374 e. The normalized spacial score (nSPS) is 10.0. The van der Waals surface area contributed by atoms with Crippen molar-refractivity contribution in [3.8, 4) is 6.07 Å². The first-order valence-electron chi connectivity index (χ1n) is 4.73. The molecule has 0 aliphatic carbocycles. The fourth-order valence-corrected chi connectivity index (χ4v) is 1.61. The molecule has 16 heavy (non-hydrogen) atoms. The third-order valence-corrected chi connectivity index (χ3v) is 2.32. The van der Waals surface area contributed by atoms with Crippen molar-refractivity contribution in [1.29, 1.82) is 5.26 Å². The lowest BCUT2D eigenvalue weighted by atomic mass is 10.1. The van der Waals surface area contributed by atoms with Gasteiger partial charge in [-0.05, 0) is 6.07 Å². The lowest BCUT2D eigenvalue weighted by Gasteiger charge is -1.95. The number of para-hydroxylation sites is 1. The second-order valence-corrected chi connectivity index (χ2v) is 3.23. The summed E-state index contributed by atoms with van der Waals surface area (Å²) in [6.45, 7) is 0. The average Bonchev–Trinajstić information content (AvgIpc) is 2.68. The number of methoxy groups -OCH3 is 1. The predicted octanol–water partition coefficient (Wildman–Crippen LogP) is 2.29. The summed E-state index contributed by atoms with van der Waals surface area (Å²) < 4.78 is 9.99. The molecular weight excluding hydrogens is 206 g/mol. The van der Waals surface area contributed by atoms with E-state index >= 15 is 0 Å². The van der Waals surface area contributed by atoms with Crippen LogP contribution >= 0.6 is 0 Å². The minimum Gasteiger partial charge on any atom is -0.463 e. The summed E-state index contributed by atoms with van der Waals surface area (Å²) >= 11 is 0. The fourth-order valence-electron chi connectivity index (χ4n) is 1.61. The largest absolute Gasteiger partial charge is 0.463 e. The number of hydrogen-bond acceptors (Lipinski definition) is 4. The first kappa shape index (κ1) is 10.2. The van der Waals surface area contributed by atoms with E-state index in [0.717, 1.165) is 5.39 Å². The quantitative estimate of drug-likeness (QED) is 0.721. The van der Waals surface area contributed by atoms with E-state index in [2.05, 4.69) is 4.74 Å². The highest BCUT2D eigenvalue weighted by molar-refractivity contribution is 5.96. The van der Waals surface area contributed by atoms with Crippen LogP contribution in [-0.2, 0) is 11.2 Å². The van der Waals surface area contributed by atoms with Crippen LogP contribution in [0.1, 0.15) is 16.1 Å². The van der Waals surface area contributed by atoms with Gasteiger partial charge in [0.2, 0.25) is 5.76 Å². The minimum absolute atomic E-state index is 0.116. The van der Waals surface area contributed by atoms with Gasteiger partial charge < -0.3 is 9.15 Å². The van der Waals surface area contributed by atoms with Crippen molar-refractivity contribution in [3.05, 3.63) is 35.6 Å². The summed E-state index contributed by atoms with van der Waals surface area (Å²) in [4.78, 5) is 11.5. The molecule has 0 saturated heterocycles. The van der Waals surface area contributed by atoms with Crippen molar-refractivity contribution < 1.29 is 13.9 Å². The maximum Gasteiger partial charge on any atom is 0.374 e. The second kappa shape index (κ2) is 4.07. The van der Waals surface area contributed by atoms with Gasteiger partial charge in [-0.25, -0.2) is 4.79 Å². The van der Waals surface area contributed by atoms with Crippen LogP contribution in [0.25, 0.3) is 11.0 Å². The first-order chi connectivity index (χ1) is 7.77. The van der Waals surface area contributed by atoms with E-state index in [4.69, 9.17) is 9.68 Å². The predicted molar refractivity (Wildman–Crippen MR) is 56.9 cm³/mol. The Bertz CT molecular complexity index is 577. The standard InChI is InChI=1S/C12H9NO3/c1-15-12(14)11-9(6-7-13)8-4-2-3-5-10(8)16-11/h2-5H,6H2,1H3. The molecule has 1 aromatic carbocycles. The number of nitriles is 1. The Hall–Kier alpha value is -2.28. The van der Waals surface area contributed by atoms with Crippen LogP contribution in [0.5, 0.6) is 0 Å². The van der Waals surface area contributed by atoms with Gasteiger partial charge in [0.05, 0.1) is 19.6 Å². The van der Waals surface area contributed by atoms with Crippen molar-refractivity contribution >= 4 is 16.9 Å². The molecule has 0 atom stereocenters. The zero-order valence-electron chi connectivity index (χ0n) is 8.69. The Labute approximate surface area is 92.0 Å². The fraction of sp³-hybridized carbons (Fsp3) is 0.167. The number of furan rings is 1. The van der Waals surface area contributed by atoms with Gasteiger partial charge in [0.25, 0.3) is 0 Å². The lowest BCUT2D eigenvalue weighted by molar-refractivity contribution is 0.0566. The zero-order chi connectivity index (χ0) is 11.5. The molecule has 4 heteroatoms. The maximum absolute atomic E-state index is 11.5. The number of hydrogen-bond donors (Lipinski definition) is 0. The van der Waals surface area contributed by atoms with Crippen molar-refractivity contribution in [3.63, 3.8) is 0 Å². The van der Waals surface area contributed by atoms with Crippen molar-refractivity contribution in [2.75, 3.05) is 7.11 Å². The third kappa shape index (κ3) is 1.52. The highest BCUT2D eigenvalue weighted by atomic mass is 16.5. The van der Waals surface area contributed by atoms with E-state index in [1.807, 2.05) is 24.3 Å². The molecule has 0 saturated carbocycles. The molecule has 0 amide bonds. The van der Waals surface area contributed by atoms with Crippen molar-refractivity contribution in [2.45, 2.75) is 6.42 Å². The number of benzene rings is 1. The maximum atomic E-state index is 11.5. The molecule has 4 nitrogen and oxygen atoms in total. The molecule has 0 spiro atoms. The van der Waals surface area contributed by atoms with E-state index in [9.17, 15) is 4.79 Å². The highest BCUT2D eigenvalue weighted by Gasteiger charge is 2.20. The molecule has 0 radical (unpaired) electrons. The van der Waals surface area contributed by atoms with Gasteiger partial charge in [-0.2, -0.15) is 5.26 Å². The number of esters is 1. The van der Waals surface area contributed by atoms with Gasteiger partial charge in [-0.1, -0.05) is 18.2 Å². The number of fused-ring (bicyclic) bond motifs is 1. The molecule has 0 bridgehead atoms. The van der Waals surface area contributed by atoms with Crippen LogP contribution in [-0.4, -0.2) is 13.1 Å². The molecule has 1 heterocycles. The summed E-state index contributed by atoms with van der Waals surface area (Å²) in [5.41, 5.74) is 1.18. The highest BCUT2D eigenvalue weighted by Crippen LogP contribution is 2.26. The van der Waals surface area contributed by atoms with Crippen LogP contribution in [0.4, 0.5) is 0 Å². The monoisotopic (exact) mass is 215 g/mol. The van der Waals surface area contributed by atoms with Crippen LogP contribution < -0.4 is 0 Å². The number of rotatable bonds is 2. The zero-order valence-corrected chi connectivity index (χ0v) is 8.69. The Kier molecular flexibility index (Phi) is 2.61. The van der Waals surface area contributed by atoms with Crippen molar-refractivity contribution in [2.24, 2.45) is 0 Å². The molecule has 0 aliphatic rings. The van der Waals surface area contributed by atoms with E-state index in [1.165, 1.54) is 7.11 Å². The number of carbonyl (C=O) groups is 1. The Morgan fingerprint density at radius 2 is 2.25 bits per heavy atom. The number of ether oxygens (including phenoxy) is 1. The summed E-state index contributed by atoms with van der Waals surface area (Å²) in [5, 5.41) is 9.51. The van der Waals surface area contributed by atoms with E-state index in [1.54, 1.807) is 6.07 Å².